The number of carbonyl (C=O) groups is 2. The predicted molar refractivity (Wildman–Crippen MR) is 74.1 cm³/mol. The smallest absolute Gasteiger partial charge is 0.306 e. The second kappa shape index (κ2) is 6.78. The van der Waals surface area contributed by atoms with Gasteiger partial charge in [0.15, 0.2) is 0 Å². The highest BCUT2D eigenvalue weighted by Crippen LogP contribution is 2.22. The summed E-state index contributed by atoms with van der Waals surface area (Å²) in [6.07, 6.45) is 0. The number of anilines is 1. The van der Waals surface area contributed by atoms with Gasteiger partial charge in [-0.15, -0.1) is 0 Å². The maximum Gasteiger partial charge on any atom is 0.306 e. The van der Waals surface area contributed by atoms with Gasteiger partial charge in [-0.05, 0) is 18.1 Å². The number of benzene rings is 1. The molecular weight excluding hydrogens is 281 g/mol. The molecule has 0 spiro atoms. The van der Waals surface area contributed by atoms with Gasteiger partial charge in [0.05, 0.1) is 4.92 Å². The van der Waals surface area contributed by atoms with E-state index < -0.39 is 28.4 Å². The number of hydrogen-bond acceptors (Lipinski definition) is 4. The van der Waals surface area contributed by atoms with Crippen molar-refractivity contribution in [1.82, 2.24) is 5.32 Å². The van der Waals surface area contributed by atoms with Crippen LogP contribution in [0, 0.1) is 21.8 Å². The lowest BCUT2D eigenvalue weighted by Crippen LogP contribution is -2.46. The van der Waals surface area contributed by atoms with E-state index in [-0.39, 0.29) is 17.5 Å². The molecule has 0 fully saturated rings. The van der Waals surface area contributed by atoms with E-state index >= 15 is 0 Å². The normalized spacial score (nSPS) is 11.9. The maximum atomic E-state index is 13.2. The summed E-state index contributed by atoms with van der Waals surface area (Å²) >= 11 is 0. The summed E-state index contributed by atoms with van der Waals surface area (Å²) in [6.45, 7) is 4.77. The summed E-state index contributed by atoms with van der Waals surface area (Å²) in [6, 6.07) is 2.26. The zero-order chi connectivity index (χ0) is 16.2. The molecule has 0 radical (unpaired) electrons. The molecule has 114 valence electrons. The monoisotopic (exact) mass is 297 g/mol. The summed E-state index contributed by atoms with van der Waals surface area (Å²) in [7, 11) is 0. The van der Waals surface area contributed by atoms with Gasteiger partial charge in [0.25, 0.3) is 0 Å². The first kappa shape index (κ1) is 16.5. The minimum Gasteiger partial charge on any atom is -0.344 e. The van der Waals surface area contributed by atoms with Crippen LogP contribution in [0.5, 0.6) is 0 Å². The molecule has 0 saturated heterocycles. The number of nitro benzene ring substituents is 1. The Morgan fingerprint density at radius 2 is 1.95 bits per heavy atom. The lowest BCUT2D eigenvalue weighted by molar-refractivity contribution is -0.387. The number of nitro groups is 1. The third kappa shape index (κ3) is 4.51. The molecule has 0 aromatic heterocycles. The van der Waals surface area contributed by atoms with Crippen molar-refractivity contribution >= 4 is 23.2 Å². The Morgan fingerprint density at radius 3 is 2.43 bits per heavy atom. The van der Waals surface area contributed by atoms with Crippen LogP contribution in [0.15, 0.2) is 18.2 Å². The Labute approximate surface area is 120 Å². The van der Waals surface area contributed by atoms with Crippen molar-refractivity contribution in [1.29, 1.82) is 0 Å². The summed E-state index contributed by atoms with van der Waals surface area (Å²) in [5.41, 5.74) is -0.641. The van der Waals surface area contributed by atoms with Crippen molar-refractivity contribution in [2.45, 2.75) is 26.8 Å². The molecule has 8 heteroatoms. The predicted octanol–water partition coefficient (Wildman–Crippen LogP) is 1.83. The molecule has 1 rings (SSSR count). The highest BCUT2D eigenvalue weighted by molar-refractivity contribution is 5.97. The topological polar surface area (TPSA) is 101 Å². The zero-order valence-electron chi connectivity index (χ0n) is 11.8. The second-order valence-corrected chi connectivity index (χ2v) is 4.83. The molecule has 21 heavy (non-hydrogen) atoms. The van der Waals surface area contributed by atoms with E-state index in [1.165, 1.54) is 13.0 Å². The van der Waals surface area contributed by atoms with E-state index in [2.05, 4.69) is 10.6 Å². The Hall–Kier alpha value is -2.51. The number of amides is 2. The van der Waals surface area contributed by atoms with Crippen molar-refractivity contribution in [3.05, 3.63) is 34.1 Å². The first-order valence-corrected chi connectivity index (χ1v) is 6.24. The molecule has 2 N–H and O–H groups in total. The van der Waals surface area contributed by atoms with Crippen LogP contribution in [0.2, 0.25) is 0 Å². The summed E-state index contributed by atoms with van der Waals surface area (Å²) < 4.78 is 13.2. The van der Waals surface area contributed by atoms with Crippen LogP contribution in [0.3, 0.4) is 0 Å². The van der Waals surface area contributed by atoms with Crippen molar-refractivity contribution in [3.63, 3.8) is 0 Å². The van der Waals surface area contributed by atoms with Crippen LogP contribution in [0.4, 0.5) is 15.8 Å². The molecule has 7 nitrogen and oxygen atoms in total. The fraction of sp³-hybridized carbons (Fsp3) is 0.385. The molecule has 0 aliphatic carbocycles. The van der Waals surface area contributed by atoms with Gasteiger partial charge in [0, 0.05) is 18.7 Å². The zero-order valence-corrected chi connectivity index (χ0v) is 11.8. The first-order chi connectivity index (χ1) is 9.72. The van der Waals surface area contributed by atoms with E-state index in [9.17, 15) is 24.1 Å². The number of hydrogen-bond donors (Lipinski definition) is 2. The van der Waals surface area contributed by atoms with E-state index in [4.69, 9.17) is 0 Å². The van der Waals surface area contributed by atoms with Crippen LogP contribution in [0.1, 0.15) is 20.8 Å². The number of halogens is 1. The first-order valence-electron chi connectivity index (χ1n) is 6.24. The fourth-order valence-electron chi connectivity index (χ4n) is 1.70. The highest BCUT2D eigenvalue weighted by Gasteiger charge is 2.24. The summed E-state index contributed by atoms with van der Waals surface area (Å²) in [5, 5.41) is 15.6. The maximum absolute atomic E-state index is 13.2. The SMILES string of the molecule is CC(=O)N[C@H](C(=O)Nc1ccc(F)c([N+](=O)[O-])c1)C(C)C. The Morgan fingerprint density at radius 1 is 1.33 bits per heavy atom. The van der Waals surface area contributed by atoms with Crippen molar-refractivity contribution in [2.24, 2.45) is 5.92 Å². The molecule has 2 amide bonds. The Bertz CT molecular complexity index is 575. The lowest BCUT2D eigenvalue weighted by Gasteiger charge is -2.20. The van der Waals surface area contributed by atoms with Gasteiger partial charge in [0.1, 0.15) is 6.04 Å². The van der Waals surface area contributed by atoms with Gasteiger partial charge in [-0.1, -0.05) is 13.8 Å². The summed E-state index contributed by atoms with van der Waals surface area (Å²) in [5.74, 6) is -2.06. The molecule has 1 aromatic carbocycles. The van der Waals surface area contributed by atoms with Crippen LogP contribution in [-0.4, -0.2) is 22.8 Å². The van der Waals surface area contributed by atoms with Gasteiger partial charge in [-0.25, -0.2) is 0 Å². The molecule has 0 unspecified atom stereocenters. The third-order valence-electron chi connectivity index (χ3n) is 2.72. The quantitative estimate of drug-likeness (QED) is 0.639. The molecule has 0 heterocycles. The van der Waals surface area contributed by atoms with Crippen molar-refractivity contribution in [2.75, 3.05) is 5.32 Å². The standard InChI is InChI=1S/C13H16FN3O4/c1-7(2)12(15-8(3)18)13(19)16-9-4-5-10(14)11(6-9)17(20)21/h4-7,12H,1-3H3,(H,15,18)(H,16,19)/t12-/m0/s1. The van der Waals surface area contributed by atoms with Gasteiger partial charge < -0.3 is 10.6 Å². The lowest BCUT2D eigenvalue weighted by atomic mass is 10.0. The van der Waals surface area contributed by atoms with Gasteiger partial charge >= 0.3 is 5.69 Å². The average Bonchev–Trinajstić information content (AvgIpc) is 2.37. The average molecular weight is 297 g/mol. The summed E-state index contributed by atoms with van der Waals surface area (Å²) in [4.78, 5) is 32.9. The van der Waals surface area contributed by atoms with E-state index in [0.29, 0.717) is 0 Å². The largest absolute Gasteiger partial charge is 0.344 e. The molecule has 0 saturated carbocycles. The van der Waals surface area contributed by atoms with Crippen LogP contribution >= 0.6 is 0 Å². The van der Waals surface area contributed by atoms with Crippen molar-refractivity contribution in [3.8, 4) is 0 Å². The van der Waals surface area contributed by atoms with Crippen LogP contribution < -0.4 is 10.6 Å². The van der Waals surface area contributed by atoms with Crippen molar-refractivity contribution < 1.29 is 18.9 Å². The van der Waals surface area contributed by atoms with E-state index in [1.807, 2.05) is 0 Å². The number of nitrogens with zero attached hydrogens (tertiary/aromatic N) is 1. The van der Waals surface area contributed by atoms with Gasteiger partial charge in [0.2, 0.25) is 17.6 Å². The van der Waals surface area contributed by atoms with Gasteiger partial charge in [-0.3, -0.25) is 19.7 Å². The fourth-order valence-corrected chi connectivity index (χ4v) is 1.70. The number of nitrogens with one attached hydrogen (secondary N) is 2. The highest BCUT2D eigenvalue weighted by atomic mass is 19.1. The Balaban J connectivity index is 2.93. The molecule has 1 aromatic rings. The minimum atomic E-state index is -0.986. The molecule has 0 bridgehead atoms. The van der Waals surface area contributed by atoms with E-state index in [1.54, 1.807) is 13.8 Å². The van der Waals surface area contributed by atoms with E-state index in [0.717, 1.165) is 12.1 Å². The minimum absolute atomic E-state index is 0.0871. The molecule has 1 atom stereocenters. The van der Waals surface area contributed by atoms with Crippen LogP contribution in [-0.2, 0) is 9.59 Å². The molecule has 0 aliphatic rings. The molecular formula is C13H16FN3O4. The van der Waals surface area contributed by atoms with Gasteiger partial charge in [-0.2, -0.15) is 4.39 Å². The number of carbonyl (C=O) groups excluding carboxylic acids is 2. The molecule has 0 aliphatic heterocycles. The third-order valence-corrected chi connectivity index (χ3v) is 2.72. The number of rotatable bonds is 5. The second-order valence-electron chi connectivity index (χ2n) is 4.83. The Kier molecular flexibility index (Phi) is 5.34. The van der Waals surface area contributed by atoms with Crippen LogP contribution in [0.25, 0.3) is 0 Å².